The van der Waals surface area contributed by atoms with Gasteiger partial charge in [0.05, 0.1) is 11.0 Å². The van der Waals surface area contributed by atoms with E-state index >= 15 is 0 Å². The monoisotopic (exact) mass is 256 g/mol. The van der Waals surface area contributed by atoms with Crippen molar-refractivity contribution in [1.82, 2.24) is 9.97 Å². The van der Waals surface area contributed by atoms with Gasteiger partial charge < -0.3 is 0 Å². The molecular formula is C18H12N2. The van der Waals surface area contributed by atoms with Gasteiger partial charge in [0.2, 0.25) is 0 Å². The molecule has 0 spiro atoms. The number of benzene rings is 2. The molecule has 0 aliphatic carbocycles. The fourth-order valence-corrected chi connectivity index (χ4v) is 2.50. The van der Waals surface area contributed by atoms with Crippen molar-refractivity contribution in [1.29, 1.82) is 0 Å². The van der Waals surface area contributed by atoms with Crippen molar-refractivity contribution in [3.8, 4) is 11.1 Å². The van der Waals surface area contributed by atoms with Crippen molar-refractivity contribution in [3.05, 3.63) is 73.1 Å². The third kappa shape index (κ3) is 1.82. The number of nitrogens with zero attached hydrogens (tertiary/aromatic N) is 2. The van der Waals surface area contributed by atoms with E-state index in [0.717, 1.165) is 16.4 Å². The molecule has 0 amide bonds. The third-order valence-electron chi connectivity index (χ3n) is 3.54. The summed E-state index contributed by atoms with van der Waals surface area (Å²) < 4.78 is 0. The van der Waals surface area contributed by atoms with E-state index < -0.39 is 0 Å². The molecule has 0 aliphatic rings. The van der Waals surface area contributed by atoms with Gasteiger partial charge in [-0.25, -0.2) is 0 Å². The average molecular weight is 256 g/mol. The molecule has 0 fully saturated rings. The Bertz CT molecular complexity index is 836. The molecule has 4 aromatic rings. The first-order valence-corrected chi connectivity index (χ1v) is 6.60. The first-order valence-electron chi connectivity index (χ1n) is 6.60. The summed E-state index contributed by atoms with van der Waals surface area (Å²) in [6.07, 6.45) is 3.65. The first kappa shape index (κ1) is 11.1. The summed E-state index contributed by atoms with van der Waals surface area (Å²) in [5, 5.41) is 2.32. The highest BCUT2D eigenvalue weighted by Gasteiger charge is 2.02. The highest BCUT2D eigenvalue weighted by molar-refractivity contribution is 5.88. The summed E-state index contributed by atoms with van der Waals surface area (Å²) >= 11 is 0. The minimum Gasteiger partial charge on any atom is -0.256 e. The van der Waals surface area contributed by atoms with Crippen LogP contribution >= 0.6 is 0 Å². The lowest BCUT2D eigenvalue weighted by Gasteiger charge is -2.05. The van der Waals surface area contributed by atoms with E-state index in [2.05, 4.69) is 58.5 Å². The van der Waals surface area contributed by atoms with Gasteiger partial charge in [0.1, 0.15) is 0 Å². The summed E-state index contributed by atoms with van der Waals surface area (Å²) in [4.78, 5) is 8.77. The van der Waals surface area contributed by atoms with E-state index in [1.807, 2.05) is 24.5 Å². The third-order valence-corrected chi connectivity index (χ3v) is 3.54. The standard InChI is InChI=1S/C18H12N2/c1-3-13-5-6-15(12-18(13)20-10-1)14-7-8-17-16(11-14)4-2-9-19-17/h1-12H. The van der Waals surface area contributed by atoms with Crippen molar-refractivity contribution in [2.75, 3.05) is 0 Å². The highest BCUT2D eigenvalue weighted by atomic mass is 14.6. The molecule has 0 saturated heterocycles. The van der Waals surface area contributed by atoms with Crippen LogP contribution in [0.1, 0.15) is 0 Å². The molecule has 0 N–H and O–H groups in total. The second-order valence-electron chi connectivity index (χ2n) is 4.82. The fraction of sp³-hybridized carbons (Fsp3) is 0. The van der Waals surface area contributed by atoms with E-state index in [9.17, 15) is 0 Å². The summed E-state index contributed by atoms with van der Waals surface area (Å²) in [7, 11) is 0. The number of hydrogen-bond acceptors (Lipinski definition) is 2. The largest absolute Gasteiger partial charge is 0.256 e. The Morgan fingerprint density at radius 3 is 2.15 bits per heavy atom. The molecule has 0 atom stereocenters. The van der Waals surface area contributed by atoms with Gasteiger partial charge in [0.25, 0.3) is 0 Å². The molecule has 0 saturated carbocycles. The van der Waals surface area contributed by atoms with Crippen molar-refractivity contribution in [3.63, 3.8) is 0 Å². The van der Waals surface area contributed by atoms with Crippen molar-refractivity contribution in [2.45, 2.75) is 0 Å². The second-order valence-corrected chi connectivity index (χ2v) is 4.82. The number of pyridine rings is 2. The number of aromatic nitrogens is 2. The summed E-state index contributed by atoms with van der Waals surface area (Å²) in [5.74, 6) is 0. The van der Waals surface area contributed by atoms with Crippen molar-refractivity contribution in [2.24, 2.45) is 0 Å². The molecule has 4 rings (SSSR count). The number of fused-ring (bicyclic) bond motifs is 2. The summed E-state index contributed by atoms with van der Waals surface area (Å²) in [6, 6.07) is 20.8. The summed E-state index contributed by atoms with van der Waals surface area (Å²) in [5.41, 5.74) is 4.42. The van der Waals surface area contributed by atoms with E-state index in [-0.39, 0.29) is 0 Å². The molecule has 2 aromatic carbocycles. The van der Waals surface area contributed by atoms with E-state index in [1.54, 1.807) is 0 Å². The maximum absolute atomic E-state index is 4.42. The molecule has 2 heteroatoms. The van der Waals surface area contributed by atoms with Gasteiger partial charge in [0, 0.05) is 23.2 Å². The number of rotatable bonds is 1. The molecule has 2 aromatic heterocycles. The smallest absolute Gasteiger partial charge is 0.0708 e. The van der Waals surface area contributed by atoms with Gasteiger partial charge in [-0.3, -0.25) is 9.97 Å². The van der Waals surface area contributed by atoms with Gasteiger partial charge in [-0.1, -0.05) is 30.3 Å². The predicted octanol–water partition coefficient (Wildman–Crippen LogP) is 4.45. The lowest BCUT2D eigenvalue weighted by atomic mass is 10.0. The quantitative estimate of drug-likeness (QED) is 0.503. The second kappa shape index (κ2) is 4.42. The Kier molecular flexibility index (Phi) is 2.46. The van der Waals surface area contributed by atoms with Gasteiger partial charge in [-0.15, -0.1) is 0 Å². The van der Waals surface area contributed by atoms with Gasteiger partial charge in [-0.05, 0) is 41.5 Å². The van der Waals surface area contributed by atoms with Crippen molar-refractivity contribution >= 4 is 21.8 Å². The fourth-order valence-electron chi connectivity index (χ4n) is 2.50. The minimum absolute atomic E-state index is 1.02. The van der Waals surface area contributed by atoms with Crippen LogP contribution in [0, 0.1) is 0 Å². The zero-order chi connectivity index (χ0) is 13.4. The summed E-state index contributed by atoms with van der Waals surface area (Å²) in [6.45, 7) is 0. The highest BCUT2D eigenvalue weighted by Crippen LogP contribution is 2.26. The van der Waals surface area contributed by atoms with Crippen molar-refractivity contribution < 1.29 is 0 Å². The molecule has 2 nitrogen and oxygen atoms in total. The van der Waals surface area contributed by atoms with E-state index in [4.69, 9.17) is 0 Å². The van der Waals surface area contributed by atoms with E-state index in [0.29, 0.717) is 0 Å². The predicted molar refractivity (Wildman–Crippen MR) is 82.5 cm³/mol. The lowest BCUT2D eigenvalue weighted by molar-refractivity contribution is 1.41. The Balaban J connectivity index is 1.91. The van der Waals surface area contributed by atoms with Crippen LogP contribution in [0.5, 0.6) is 0 Å². The Morgan fingerprint density at radius 2 is 1.25 bits per heavy atom. The number of hydrogen-bond donors (Lipinski definition) is 0. The normalized spacial score (nSPS) is 11.0. The SMILES string of the molecule is c1cnc2ccc(-c3ccc4cccnc4c3)cc2c1. The molecule has 0 aliphatic heterocycles. The average Bonchev–Trinajstić information content (AvgIpc) is 2.54. The Labute approximate surface area is 116 Å². The molecule has 94 valence electrons. The van der Waals surface area contributed by atoms with Crippen LogP contribution in [0.25, 0.3) is 32.9 Å². The van der Waals surface area contributed by atoms with Crippen LogP contribution < -0.4 is 0 Å². The van der Waals surface area contributed by atoms with Crippen LogP contribution in [0.4, 0.5) is 0 Å². The molecule has 0 bridgehead atoms. The molecular weight excluding hydrogens is 244 g/mol. The van der Waals surface area contributed by atoms with Gasteiger partial charge >= 0.3 is 0 Å². The van der Waals surface area contributed by atoms with Crippen LogP contribution in [-0.4, -0.2) is 9.97 Å². The van der Waals surface area contributed by atoms with Crippen LogP contribution in [0.3, 0.4) is 0 Å². The zero-order valence-electron chi connectivity index (χ0n) is 10.8. The Morgan fingerprint density at radius 1 is 0.550 bits per heavy atom. The van der Waals surface area contributed by atoms with Crippen LogP contribution in [-0.2, 0) is 0 Å². The maximum Gasteiger partial charge on any atom is 0.0708 e. The van der Waals surface area contributed by atoms with Crippen LogP contribution in [0.2, 0.25) is 0 Å². The van der Waals surface area contributed by atoms with E-state index in [1.165, 1.54) is 16.5 Å². The molecule has 2 heterocycles. The zero-order valence-corrected chi connectivity index (χ0v) is 10.8. The van der Waals surface area contributed by atoms with Crippen LogP contribution in [0.15, 0.2) is 73.1 Å². The Hall–Kier alpha value is -2.74. The lowest BCUT2D eigenvalue weighted by Crippen LogP contribution is -1.83. The van der Waals surface area contributed by atoms with Gasteiger partial charge in [0.15, 0.2) is 0 Å². The van der Waals surface area contributed by atoms with Gasteiger partial charge in [-0.2, -0.15) is 0 Å². The molecule has 20 heavy (non-hydrogen) atoms. The molecule has 0 radical (unpaired) electrons. The first-order chi connectivity index (χ1) is 9.90. The molecule has 0 unspecified atom stereocenters. The minimum atomic E-state index is 1.02. The maximum atomic E-state index is 4.42. The topological polar surface area (TPSA) is 25.8 Å².